The Morgan fingerprint density at radius 1 is 1.30 bits per heavy atom. The lowest BCUT2D eigenvalue weighted by molar-refractivity contribution is 0.710. The molecule has 0 bridgehead atoms. The fourth-order valence-electron chi connectivity index (χ4n) is 1.76. The minimum atomic E-state index is 0. The second-order valence-corrected chi connectivity index (χ2v) is 4.31. The molecule has 6 heteroatoms. The third-order valence-corrected chi connectivity index (χ3v) is 2.90. The zero-order valence-electron chi connectivity index (χ0n) is 11.5. The molecule has 0 aliphatic heterocycles. The first-order valence-corrected chi connectivity index (χ1v) is 6.30. The lowest BCUT2D eigenvalue weighted by Gasteiger charge is -2.05. The van der Waals surface area contributed by atoms with Crippen molar-refractivity contribution in [3.63, 3.8) is 0 Å². The number of aromatic nitrogens is 2. The zero-order chi connectivity index (χ0) is 13.5. The summed E-state index contributed by atoms with van der Waals surface area (Å²) in [6, 6.07) is 12.2. The van der Waals surface area contributed by atoms with Crippen molar-refractivity contribution in [3.8, 4) is 0 Å². The van der Waals surface area contributed by atoms with Gasteiger partial charge in [0.2, 0.25) is 0 Å². The summed E-state index contributed by atoms with van der Waals surface area (Å²) in [6.07, 6.45) is 2.69. The minimum Gasteiger partial charge on any atom is -0.370 e. The third-order valence-electron chi connectivity index (χ3n) is 2.90. The highest BCUT2D eigenvalue weighted by molar-refractivity contribution is 14.0. The third kappa shape index (κ3) is 5.20. The highest BCUT2D eigenvalue weighted by atomic mass is 127. The van der Waals surface area contributed by atoms with Crippen LogP contribution in [0.25, 0.3) is 0 Å². The quantitative estimate of drug-likeness (QED) is 0.468. The number of aliphatic imine (C=N–C) groups is 1. The Morgan fingerprint density at radius 3 is 2.70 bits per heavy atom. The fourth-order valence-corrected chi connectivity index (χ4v) is 1.76. The molecule has 0 aliphatic rings. The Morgan fingerprint density at radius 2 is 2.05 bits per heavy atom. The van der Waals surface area contributed by atoms with Crippen LogP contribution in [0.3, 0.4) is 0 Å². The number of hydrogen-bond acceptors (Lipinski definition) is 2. The monoisotopic (exact) mass is 385 g/mol. The molecule has 0 unspecified atom stereocenters. The van der Waals surface area contributed by atoms with Gasteiger partial charge in [-0.2, -0.15) is 5.10 Å². The van der Waals surface area contributed by atoms with Crippen molar-refractivity contribution in [1.82, 2.24) is 15.1 Å². The molecule has 3 N–H and O–H groups in total. The van der Waals surface area contributed by atoms with Crippen LogP contribution in [-0.4, -0.2) is 22.3 Å². The molecular formula is C14H20IN5. The number of aryl methyl sites for hydroxylation is 1. The molecule has 0 aliphatic carbocycles. The molecule has 2 aromatic rings. The number of rotatable bonds is 5. The summed E-state index contributed by atoms with van der Waals surface area (Å²) in [5.74, 6) is 0.470. The van der Waals surface area contributed by atoms with Gasteiger partial charge in [0.1, 0.15) is 0 Å². The molecule has 20 heavy (non-hydrogen) atoms. The van der Waals surface area contributed by atoms with Gasteiger partial charge in [-0.25, -0.2) is 4.99 Å². The summed E-state index contributed by atoms with van der Waals surface area (Å²) in [6.45, 7) is 1.32. The normalized spacial score (nSPS) is 10.9. The number of nitrogens with zero attached hydrogens (tertiary/aromatic N) is 3. The highest BCUT2D eigenvalue weighted by Gasteiger charge is 1.97. The van der Waals surface area contributed by atoms with E-state index in [0.717, 1.165) is 18.7 Å². The predicted octanol–water partition coefficient (Wildman–Crippen LogP) is 1.69. The molecule has 1 aromatic carbocycles. The summed E-state index contributed by atoms with van der Waals surface area (Å²) in [7, 11) is 1.89. The average Bonchev–Trinajstić information content (AvgIpc) is 2.83. The van der Waals surface area contributed by atoms with Gasteiger partial charge in [-0.05, 0) is 18.1 Å². The second-order valence-electron chi connectivity index (χ2n) is 4.31. The van der Waals surface area contributed by atoms with Crippen molar-refractivity contribution < 1.29 is 0 Å². The Bertz CT molecular complexity index is 536. The van der Waals surface area contributed by atoms with Crippen LogP contribution in [0.15, 0.2) is 47.6 Å². The molecule has 0 atom stereocenters. The van der Waals surface area contributed by atoms with E-state index in [4.69, 9.17) is 5.73 Å². The van der Waals surface area contributed by atoms with Crippen LogP contribution in [0.1, 0.15) is 11.3 Å². The Kier molecular flexibility index (Phi) is 7.06. The van der Waals surface area contributed by atoms with Crippen molar-refractivity contribution in [3.05, 3.63) is 53.9 Å². The van der Waals surface area contributed by atoms with Gasteiger partial charge in [0.15, 0.2) is 5.96 Å². The standard InChI is InChI=1S/C14H19N5.HI/c1-19-13(8-10-18-19)11-17-14(15)16-9-7-12-5-3-2-4-6-12;/h2-6,8,10H,7,9,11H2,1H3,(H3,15,16,17);1H. The first-order chi connectivity index (χ1) is 9.25. The molecule has 1 heterocycles. The summed E-state index contributed by atoms with van der Waals surface area (Å²) in [5.41, 5.74) is 8.14. The first-order valence-electron chi connectivity index (χ1n) is 6.30. The lowest BCUT2D eigenvalue weighted by atomic mass is 10.1. The van der Waals surface area contributed by atoms with Crippen LogP contribution in [0.2, 0.25) is 0 Å². The van der Waals surface area contributed by atoms with E-state index in [1.165, 1.54) is 5.56 Å². The summed E-state index contributed by atoms with van der Waals surface area (Å²) < 4.78 is 1.79. The van der Waals surface area contributed by atoms with Crippen LogP contribution in [-0.2, 0) is 20.0 Å². The van der Waals surface area contributed by atoms with Crippen LogP contribution in [0.4, 0.5) is 0 Å². The summed E-state index contributed by atoms with van der Waals surface area (Å²) in [4.78, 5) is 4.28. The molecule has 1 aromatic heterocycles. The van der Waals surface area contributed by atoms with Gasteiger partial charge >= 0.3 is 0 Å². The molecule has 2 rings (SSSR count). The highest BCUT2D eigenvalue weighted by Crippen LogP contribution is 1.99. The molecule has 0 radical (unpaired) electrons. The smallest absolute Gasteiger partial charge is 0.188 e. The maximum Gasteiger partial charge on any atom is 0.188 e. The Balaban J connectivity index is 0.00000200. The van der Waals surface area contributed by atoms with Crippen molar-refractivity contribution in [2.24, 2.45) is 17.8 Å². The summed E-state index contributed by atoms with van der Waals surface area (Å²) >= 11 is 0. The topological polar surface area (TPSA) is 68.2 Å². The SMILES string of the molecule is Cn1nccc1CN=C(N)NCCc1ccccc1.I. The van der Waals surface area contributed by atoms with Crippen molar-refractivity contribution in [2.75, 3.05) is 6.54 Å². The van der Waals surface area contributed by atoms with Crippen LogP contribution in [0.5, 0.6) is 0 Å². The molecule has 5 nitrogen and oxygen atoms in total. The van der Waals surface area contributed by atoms with E-state index in [1.54, 1.807) is 10.9 Å². The van der Waals surface area contributed by atoms with E-state index >= 15 is 0 Å². The number of guanidine groups is 1. The molecular weight excluding hydrogens is 365 g/mol. The number of nitrogens with two attached hydrogens (primary N) is 1. The predicted molar refractivity (Wildman–Crippen MR) is 92.1 cm³/mol. The van der Waals surface area contributed by atoms with Gasteiger partial charge in [0.25, 0.3) is 0 Å². The van der Waals surface area contributed by atoms with E-state index in [1.807, 2.05) is 31.3 Å². The van der Waals surface area contributed by atoms with Gasteiger partial charge in [-0.1, -0.05) is 30.3 Å². The maximum absolute atomic E-state index is 5.81. The van der Waals surface area contributed by atoms with Gasteiger partial charge in [-0.3, -0.25) is 4.68 Å². The molecule has 0 saturated heterocycles. The number of benzene rings is 1. The fraction of sp³-hybridized carbons (Fsp3) is 0.286. The van der Waals surface area contributed by atoms with Gasteiger partial charge in [0, 0.05) is 19.8 Å². The Hall–Kier alpha value is -1.57. The number of hydrogen-bond donors (Lipinski definition) is 2. The largest absolute Gasteiger partial charge is 0.370 e. The van der Waals surface area contributed by atoms with E-state index < -0.39 is 0 Å². The minimum absolute atomic E-state index is 0. The molecule has 0 spiro atoms. The molecule has 0 saturated carbocycles. The van der Waals surface area contributed by atoms with E-state index in [-0.39, 0.29) is 24.0 Å². The average molecular weight is 385 g/mol. The van der Waals surface area contributed by atoms with E-state index in [9.17, 15) is 0 Å². The number of nitrogens with one attached hydrogen (secondary N) is 1. The second kappa shape index (κ2) is 8.57. The maximum atomic E-state index is 5.81. The van der Waals surface area contributed by atoms with Crippen LogP contribution >= 0.6 is 24.0 Å². The lowest BCUT2D eigenvalue weighted by Crippen LogP contribution is -2.33. The van der Waals surface area contributed by atoms with Gasteiger partial charge in [0.05, 0.1) is 12.2 Å². The number of halogens is 1. The molecule has 108 valence electrons. The first kappa shape index (κ1) is 16.5. The van der Waals surface area contributed by atoms with Crippen molar-refractivity contribution >= 4 is 29.9 Å². The summed E-state index contributed by atoms with van der Waals surface area (Å²) in [5, 5.41) is 7.19. The van der Waals surface area contributed by atoms with Crippen LogP contribution in [0, 0.1) is 0 Å². The van der Waals surface area contributed by atoms with E-state index in [0.29, 0.717) is 12.5 Å². The Labute approximate surface area is 136 Å². The van der Waals surface area contributed by atoms with Gasteiger partial charge < -0.3 is 11.1 Å². The zero-order valence-corrected chi connectivity index (χ0v) is 13.8. The molecule has 0 fully saturated rings. The van der Waals surface area contributed by atoms with E-state index in [2.05, 4.69) is 27.5 Å². The molecule has 0 amide bonds. The van der Waals surface area contributed by atoms with Gasteiger partial charge in [-0.15, -0.1) is 24.0 Å². The van der Waals surface area contributed by atoms with Crippen molar-refractivity contribution in [2.45, 2.75) is 13.0 Å². The van der Waals surface area contributed by atoms with Crippen molar-refractivity contribution in [1.29, 1.82) is 0 Å². The van der Waals surface area contributed by atoms with Crippen LogP contribution < -0.4 is 11.1 Å².